The molecule has 0 bridgehead atoms. The van der Waals surface area contributed by atoms with Gasteiger partial charge in [-0.25, -0.2) is 4.39 Å². The summed E-state index contributed by atoms with van der Waals surface area (Å²) in [5, 5.41) is 30.1. The Labute approximate surface area is 134 Å². The third kappa shape index (κ3) is 2.10. The molecule has 0 spiro atoms. The topological polar surface area (TPSA) is 147 Å². The molecule has 2 aromatic rings. The van der Waals surface area contributed by atoms with Crippen molar-refractivity contribution in [3.8, 4) is 12.3 Å². The van der Waals surface area contributed by atoms with Crippen LogP contribution in [0.2, 0.25) is 0 Å². The van der Waals surface area contributed by atoms with Crippen LogP contribution in [-0.4, -0.2) is 53.8 Å². The fourth-order valence-electron chi connectivity index (χ4n) is 2.84. The number of nitrogens with zero attached hydrogens (tertiary/aromatic N) is 2. The van der Waals surface area contributed by atoms with E-state index in [1.165, 1.54) is 6.92 Å². The number of halogens is 1. The Kier molecular flexibility index (Phi) is 3.61. The Hall–Kier alpha value is -2.45. The van der Waals surface area contributed by atoms with Gasteiger partial charge in [-0.1, -0.05) is 5.92 Å². The van der Waals surface area contributed by atoms with Gasteiger partial charge < -0.3 is 25.8 Å². The summed E-state index contributed by atoms with van der Waals surface area (Å²) in [6.45, 7) is 1.34. The first kappa shape index (κ1) is 16.4. The van der Waals surface area contributed by atoms with Crippen LogP contribution in [0.15, 0.2) is 11.0 Å². The molecule has 1 aliphatic rings. The number of aliphatic hydroxyl groups is 3. The minimum absolute atomic E-state index is 0.217. The highest BCUT2D eigenvalue weighted by atomic mass is 19.1. The largest absolute Gasteiger partial charge is 0.391 e. The molecule has 1 saturated heterocycles. The molecule has 0 aliphatic carbocycles. The van der Waals surface area contributed by atoms with Gasteiger partial charge in [0.15, 0.2) is 23.3 Å². The maximum atomic E-state index is 14.1. The highest BCUT2D eigenvalue weighted by Crippen LogP contribution is 2.40. The van der Waals surface area contributed by atoms with E-state index in [0.29, 0.717) is 0 Å². The Bertz CT molecular complexity index is 901. The van der Waals surface area contributed by atoms with Gasteiger partial charge >= 0.3 is 0 Å². The molecular weight excluding hydrogens is 323 g/mol. The number of hydrogen-bond donors (Lipinski definition) is 5. The van der Waals surface area contributed by atoms with Gasteiger partial charge in [-0.3, -0.25) is 14.3 Å². The number of nitrogens with two attached hydrogens (primary N) is 1. The number of H-pyrrole nitrogens is 1. The number of aromatic amines is 1. The van der Waals surface area contributed by atoms with E-state index in [2.05, 4.69) is 9.97 Å². The average molecular weight is 338 g/mol. The molecule has 128 valence electrons. The predicted molar refractivity (Wildman–Crippen MR) is 80.1 cm³/mol. The number of nitrogen functional groups attached to an aromatic ring is 1. The Morgan fingerprint density at radius 2 is 2.33 bits per heavy atom. The van der Waals surface area contributed by atoms with Crippen LogP contribution >= 0.6 is 0 Å². The number of anilines is 1. The summed E-state index contributed by atoms with van der Waals surface area (Å²) in [7, 11) is 0. The molecule has 1 fully saturated rings. The second kappa shape index (κ2) is 5.29. The molecule has 6 N–H and O–H groups in total. The smallest absolute Gasteiger partial charge is 0.264 e. The van der Waals surface area contributed by atoms with Crippen molar-refractivity contribution in [3.05, 3.63) is 22.4 Å². The van der Waals surface area contributed by atoms with Gasteiger partial charge in [0.25, 0.3) is 5.56 Å². The van der Waals surface area contributed by atoms with Gasteiger partial charge in [-0.15, -0.1) is 6.42 Å². The molecule has 0 aromatic carbocycles. The molecule has 2 aromatic heterocycles. The van der Waals surface area contributed by atoms with Crippen molar-refractivity contribution in [3.63, 3.8) is 0 Å². The minimum Gasteiger partial charge on any atom is -0.391 e. The van der Waals surface area contributed by atoms with Gasteiger partial charge in [0, 0.05) is 6.20 Å². The number of hydrogen-bond acceptors (Lipinski definition) is 7. The molecule has 3 rings (SSSR count). The molecule has 0 saturated carbocycles. The van der Waals surface area contributed by atoms with E-state index in [1.807, 2.05) is 5.92 Å². The fraction of sp³-hybridized carbons (Fsp3) is 0.429. The van der Waals surface area contributed by atoms with Crippen molar-refractivity contribution in [2.75, 3.05) is 5.73 Å². The zero-order chi connectivity index (χ0) is 17.8. The maximum Gasteiger partial charge on any atom is 0.264 e. The molecule has 5 atom stereocenters. The molecule has 0 amide bonds. The molecule has 3 heterocycles. The maximum absolute atomic E-state index is 14.1. The van der Waals surface area contributed by atoms with Gasteiger partial charge in [0.05, 0.1) is 6.10 Å². The standard InChI is InChI=1S/C14H15FN4O5/c1-3-14(23)9(21)8(5(2)20)24-12(14)19-4-6(15)7-10(19)17-13(16)18-11(7)22/h1,4-5,8-9,12,20-21,23H,2H3,(H3,16,17,18,22)/t5-,8-,9?,12-,14-/m1/s1. The van der Waals surface area contributed by atoms with Crippen molar-refractivity contribution < 1.29 is 24.4 Å². The molecule has 9 nitrogen and oxygen atoms in total. The monoisotopic (exact) mass is 338 g/mol. The normalized spacial score (nSPS) is 31.2. The summed E-state index contributed by atoms with van der Waals surface area (Å²) >= 11 is 0. The Morgan fingerprint density at radius 1 is 1.67 bits per heavy atom. The lowest BCUT2D eigenvalue weighted by atomic mass is 9.93. The zero-order valence-electron chi connectivity index (χ0n) is 12.5. The van der Waals surface area contributed by atoms with Gasteiger partial charge in [-0.2, -0.15) is 4.98 Å². The summed E-state index contributed by atoms with van der Waals surface area (Å²) in [6, 6.07) is 0. The number of nitrogens with one attached hydrogen (secondary N) is 1. The number of rotatable bonds is 2. The molecule has 0 radical (unpaired) electrons. The first-order valence-electron chi connectivity index (χ1n) is 6.98. The van der Waals surface area contributed by atoms with Crippen LogP contribution in [0.4, 0.5) is 10.3 Å². The number of aliphatic hydroxyl groups excluding tert-OH is 2. The summed E-state index contributed by atoms with van der Waals surface area (Å²) in [5.74, 6) is 0.798. The second-order valence-electron chi connectivity index (χ2n) is 5.64. The lowest BCUT2D eigenvalue weighted by Gasteiger charge is -2.26. The average Bonchev–Trinajstić information content (AvgIpc) is 2.95. The second-order valence-corrected chi connectivity index (χ2v) is 5.64. The third-order valence-electron chi connectivity index (χ3n) is 4.04. The number of aromatic nitrogens is 3. The van der Waals surface area contributed by atoms with Crippen LogP contribution in [0, 0.1) is 18.2 Å². The fourth-order valence-corrected chi connectivity index (χ4v) is 2.84. The summed E-state index contributed by atoms with van der Waals surface area (Å²) < 4.78 is 20.6. The van der Waals surface area contributed by atoms with E-state index in [4.69, 9.17) is 16.9 Å². The lowest BCUT2D eigenvalue weighted by molar-refractivity contribution is -0.0846. The Balaban J connectivity index is 2.24. The third-order valence-corrected chi connectivity index (χ3v) is 4.04. The van der Waals surface area contributed by atoms with E-state index in [0.717, 1.165) is 10.8 Å². The van der Waals surface area contributed by atoms with Gasteiger partial charge in [-0.05, 0) is 6.92 Å². The highest BCUT2D eigenvalue weighted by Gasteiger charge is 2.57. The molecule has 1 aliphatic heterocycles. The van der Waals surface area contributed by atoms with E-state index >= 15 is 0 Å². The van der Waals surface area contributed by atoms with E-state index in [-0.39, 0.29) is 11.6 Å². The SMILES string of the molecule is C#C[C@@]1(O)C(O)[C@@H]([C@@H](C)O)O[C@H]1n1cc(F)c2c(=O)[nH]c(N)nc21. The van der Waals surface area contributed by atoms with Crippen molar-refractivity contribution >= 4 is 17.0 Å². The van der Waals surface area contributed by atoms with E-state index in [9.17, 15) is 24.5 Å². The highest BCUT2D eigenvalue weighted by molar-refractivity contribution is 5.77. The van der Waals surface area contributed by atoms with Crippen LogP contribution in [0.25, 0.3) is 11.0 Å². The predicted octanol–water partition coefficient (Wildman–Crippen LogP) is -1.55. The Morgan fingerprint density at radius 3 is 2.92 bits per heavy atom. The van der Waals surface area contributed by atoms with E-state index < -0.39 is 46.9 Å². The van der Waals surface area contributed by atoms with Crippen molar-refractivity contribution in [1.29, 1.82) is 0 Å². The van der Waals surface area contributed by atoms with E-state index in [1.54, 1.807) is 0 Å². The molecular formula is C14H15FN4O5. The summed E-state index contributed by atoms with van der Waals surface area (Å²) in [6.07, 6.45) is 0.646. The summed E-state index contributed by atoms with van der Waals surface area (Å²) in [5.41, 5.74) is 2.16. The van der Waals surface area contributed by atoms with Crippen LogP contribution in [0.1, 0.15) is 13.2 Å². The quantitative estimate of drug-likeness (QED) is 0.417. The molecule has 10 heteroatoms. The molecule has 1 unspecified atom stereocenters. The lowest BCUT2D eigenvalue weighted by Crippen LogP contribution is -2.47. The first-order valence-corrected chi connectivity index (χ1v) is 6.98. The number of terminal acetylenes is 1. The number of fused-ring (bicyclic) bond motifs is 1. The van der Waals surface area contributed by atoms with Crippen molar-refractivity contribution in [2.24, 2.45) is 0 Å². The van der Waals surface area contributed by atoms with Crippen LogP contribution < -0.4 is 11.3 Å². The van der Waals surface area contributed by atoms with Gasteiger partial charge in [0.2, 0.25) is 5.95 Å². The number of ether oxygens (including phenoxy) is 1. The van der Waals surface area contributed by atoms with Gasteiger partial charge in [0.1, 0.15) is 17.6 Å². The van der Waals surface area contributed by atoms with Crippen molar-refractivity contribution in [1.82, 2.24) is 14.5 Å². The first-order chi connectivity index (χ1) is 11.2. The van der Waals surface area contributed by atoms with Crippen LogP contribution in [-0.2, 0) is 4.74 Å². The van der Waals surface area contributed by atoms with Crippen LogP contribution in [0.3, 0.4) is 0 Å². The minimum atomic E-state index is -2.28. The van der Waals surface area contributed by atoms with Crippen molar-refractivity contribution in [2.45, 2.75) is 37.1 Å². The molecule has 24 heavy (non-hydrogen) atoms. The summed E-state index contributed by atoms with van der Waals surface area (Å²) in [4.78, 5) is 17.8. The zero-order valence-corrected chi connectivity index (χ0v) is 12.5. The van der Waals surface area contributed by atoms with Crippen LogP contribution in [0.5, 0.6) is 0 Å².